The summed E-state index contributed by atoms with van der Waals surface area (Å²) in [6.07, 6.45) is 0. The number of carbonyl (C=O) groups is 3. The van der Waals surface area contributed by atoms with Crippen LogP contribution >= 0.6 is 0 Å². The summed E-state index contributed by atoms with van der Waals surface area (Å²) in [6, 6.07) is 22.2. The molecule has 0 fully saturated rings. The minimum Gasteiger partial charge on any atom is -0.463 e. The van der Waals surface area contributed by atoms with Crippen molar-refractivity contribution in [2.45, 2.75) is 19.4 Å². The molecule has 65 heavy (non-hydrogen) atoms. The van der Waals surface area contributed by atoms with Crippen LogP contribution in [0.2, 0.25) is 0 Å². The van der Waals surface area contributed by atoms with Gasteiger partial charge < -0.3 is 66.8 Å². The second-order valence-corrected chi connectivity index (χ2v) is 15.2. The number of anilines is 3. The molecule has 0 saturated carbocycles. The van der Waals surface area contributed by atoms with Gasteiger partial charge in [-0.05, 0) is 36.4 Å². The van der Waals surface area contributed by atoms with Crippen LogP contribution in [0.3, 0.4) is 0 Å². The summed E-state index contributed by atoms with van der Waals surface area (Å²) in [4.78, 5) is 41.5. The normalized spacial score (nSPS) is 14.2. The fraction of sp³-hybridized carbons (Fsp3) is 0.562. The quantitative estimate of drug-likeness (QED) is 0.0465. The Hall–Kier alpha value is -4.85. The number of benzene rings is 3. The Morgan fingerprint density at radius 3 is 1.17 bits per heavy atom. The maximum absolute atomic E-state index is 13.7. The van der Waals surface area contributed by atoms with E-state index in [2.05, 4.69) is 4.90 Å². The van der Waals surface area contributed by atoms with Gasteiger partial charge in [0, 0.05) is 88.9 Å². The molecule has 3 aromatic rings. The third-order valence-electron chi connectivity index (χ3n) is 10.1. The Kier molecular flexibility index (Phi) is 24.1. The van der Waals surface area contributed by atoms with E-state index in [1.54, 1.807) is 0 Å². The Balaban J connectivity index is 1.32. The van der Waals surface area contributed by atoms with E-state index in [1.807, 2.05) is 105 Å². The summed E-state index contributed by atoms with van der Waals surface area (Å²) >= 11 is 0. The number of hydrogen-bond acceptors (Lipinski definition) is 17. The van der Waals surface area contributed by atoms with Gasteiger partial charge in [-0.3, -0.25) is 9.59 Å². The third kappa shape index (κ3) is 18.2. The second-order valence-electron chi connectivity index (χ2n) is 15.2. The lowest BCUT2D eigenvalue weighted by Crippen LogP contribution is -2.32. The van der Waals surface area contributed by atoms with E-state index in [0.29, 0.717) is 124 Å². The van der Waals surface area contributed by atoms with Gasteiger partial charge in [-0.1, -0.05) is 30.3 Å². The maximum atomic E-state index is 13.7. The van der Waals surface area contributed by atoms with Crippen LogP contribution in [-0.4, -0.2) is 178 Å². The average molecular weight is 912 g/mol. The minimum absolute atomic E-state index is 0.227. The van der Waals surface area contributed by atoms with E-state index in [-0.39, 0.29) is 31.1 Å². The molecule has 17 heteroatoms. The monoisotopic (exact) mass is 911 g/mol. The lowest BCUT2D eigenvalue weighted by molar-refractivity contribution is -0.143. The molecule has 1 heterocycles. The van der Waals surface area contributed by atoms with Gasteiger partial charge in [0.2, 0.25) is 0 Å². The Morgan fingerprint density at radius 2 is 0.800 bits per heavy atom. The largest absolute Gasteiger partial charge is 0.463 e. The SMILES string of the molecule is CC(=O)OCCOCCOCCOCCOCCN(CCOCCOCCOCCOCCOC(C)=O)c1ccc(C2(c3ccc(N(C)C)cc3)OC(=O)c3cc(N(C)C)ccc32)cc1. The molecule has 1 aliphatic rings. The predicted molar refractivity (Wildman–Crippen MR) is 245 cm³/mol. The highest BCUT2D eigenvalue weighted by molar-refractivity contribution is 5.97. The number of fused-ring (bicyclic) bond motifs is 1. The van der Waals surface area contributed by atoms with Crippen molar-refractivity contribution >= 4 is 35.0 Å². The van der Waals surface area contributed by atoms with E-state index < -0.39 is 5.60 Å². The lowest BCUT2D eigenvalue weighted by Gasteiger charge is -2.32. The Labute approximate surface area is 384 Å². The van der Waals surface area contributed by atoms with Crippen molar-refractivity contribution in [3.63, 3.8) is 0 Å². The van der Waals surface area contributed by atoms with Crippen molar-refractivity contribution in [3.8, 4) is 0 Å². The summed E-state index contributed by atoms with van der Waals surface area (Å²) in [5.74, 6) is -1.03. The van der Waals surface area contributed by atoms with Crippen LogP contribution in [0.1, 0.15) is 40.9 Å². The molecule has 0 aromatic heterocycles. The first kappa shape index (κ1) is 52.8. The fourth-order valence-corrected chi connectivity index (χ4v) is 6.76. The smallest absolute Gasteiger partial charge is 0.340 e. The number of cyclic esters (lactones) is 1. The highest BCUT2D eigenvalue weighted by Crippen LogP contribution is 2.48. The second kappa shape index (κ2) is 29.6. The number of carbonyl (C=O) groups excluding carboxylic acids is 3. The molecule has 0 N–H and O–H groups in total. The van der Waals surface area contributed by atoms with Gasteiger partial charge in [0.25, 0.3) is 0 Å². The first-order chi connectivity index (χ1) is 31.5. The molecule has 0 spiro atoms. The van der Waals surface area contributed by atoms with E-state index in [0.717, 1.165) is 33.8 Å². The molecule has 360 valence electrons. The Morgan fingerprint density at radius 1 is 0.462 bits per heavy atom. The molecule has 17 nitrogen and oxygen atoms in total. The summed E-state index contributed by atoms with van der Waals surface area (Å²) in [5.41, 5.74) is 4.78. The molecule has 0 saturated heterocycles. The topological polar surface area (TPSA) is 162 Å². The summed E-state index contributed by atoms with van der Waals surface area (Å²) in [6.45, 7) is 11.0. The van der Waals surface area contributed by atoms with E-state index >= 15 is 0 Å². The zero-order valence-corrected chi connectivity index (χ0v) is 39.1. The van der Waals surface area contributed by atoms with Gasteiger partial charge in [0.1, 0.15) is 13.2 Å². The molecular formula is C48H69N3O14. The lowest BCUT2D eigenvalue weighted by atomic mass is 9.79. The van der Waals surface area contributed by atoms with Gasteiger partial charge >= 0.3 is 17.9 Å². The molecule has 0 amide bonds. The zero-order chi connectivity index (χ0) is 46.7. The highest BCUT2D eigenvalue weighted by atomic mass is 16.6. The number of ether oxygens (including phenoxy) is 11. The van der Waals surface area contributed by atoms with Crippen molar-refractivity contribution in [2.24, 2.45) is 0 Å². The first-order valence-electron chi connectivity index (χ1n) is 22.1. The number of nitrogens with zero attached hydrogens (tertiary/aromatic N) is 3. The van der Waals surface area contributed by atoms with Crippen LogP contribution in [0.25, 0.3) is 0 Å². The third-order valence-corrected chi connectivity index (χ3v) is 10.1. The van der Waals surface area contributed by atoms with Gasteiger partial charge in [0.05, 0.1) is 111 Å². The molecule has 0 bridgehead atoms. The predicted octanol–water partition coefficient (Wildman–Crippen LogP) is 4.35. The van der Waals surface area contributed by atoms with Gasteiger partial charge in [-0.25, -0.2) is 4.79 Å². The van der Waals surface area contributed by atoms with Crippen LogP contribution in [-0.2, 0) is 67.3 Å². The van der Waals surface area contributed by atoms with E-state index in [1.165, 1.54) is 13.8 Å². The van der Waals surface area contributed by atoms with Gasteiger partial charge in [0.15, 0.2) is 5.60 Å². The van der Waals surface area contributed by atoms with Gasteiger partial charge in [-0.2, -0.15) is 0 Å². The van der Waals surface area contributed by atoms with Crippen molar-refractivity contribution in [3.05, 3.63) is 89.0 Å². The van der Waals surface area contributed by atoms with Crippen LogP contribution in [0.4, 0.5) is 17.1 Å². The number of esters is 3. The maximum Gasteiger partial charge on any atom is 0.340 e. The molecule has 0 radical (unpaired) electrons. The molecule has 0 aliphatic carbocycles. The summed E-state index contributed by atoms with van der Waals surface area (Å²) in [5, 5.41) is 0. The van der Waals surface area contributed by atoms with Gasteiger partial charge in [-0.15, -0.1) is 0 Å². The molecular weight excluding hydrogens is 843 g/mol. The Bertz CT molecular complexity index is 1780. The van der Waals surface area contributed by atoms with Crippen LogP contribution in [0.5, 0.6) is 0 Å². The van der Waals surface area contributed by atoms with Crippen molar-refractivity contribution in [1.29, 1.82) is 0 Å². The highest BCUT2D eigenvalue weighted by Gasteiger charge is 2.48. The van der Waals surface area contributed by atoms with Crippen molar-refractivity contribution in [2.75, 3.05) is 175 Å². The summed E-state index contributed by atoms with van der Waals surface area (Å²) in [7, 11) is 7.88. The van der Waals surface area contributed by atoms with Crippen LogP contribution in [0, 0.1) is 0 Å². The molecule has 1 unspecified atom stereocenters. The van der Waals surface area contributed by atoms with E-state index in [9.17, 15) is 14.4 Å². The van der Waals surface area contributed by atoms with Crippen LogP contribution < -0.4 is 14.7 Å². The molecule has 4 rings (SSSR count). The van der Waals surface area contributed by atoms with Crippen molar-refractivity contribution < 1.29 is 66.5 Å². The fourth-order valence-electron chi connectivity index (χ4n) is 6.76. The van der Waals surface area contributed by atoms with E-state index in [4.69, 9.17) is 52.1 Å². The number of rotatable bonds is 35. The molecule has 3 aromatic carbocycles. The van der Waals surface area contributed by atoms with Crippen LogP contribution in [0.15, 0.2) is 66.7 Å². The standard InChI is InChI=1S/C48H69N3O14/c1-38(52)63-35-33-61-31-29-59-27-25-57-23-21-55-19-17-51(18-20-56-22-24-58-26-28-60-30-32-62-34-36-64-39(2)53)43-13-9-41(10-14-43)48(40-7-11-42(12-8-40)49(3)4)46-16-15-44(50(5)6)37-45(46)47(54)65-48/h7-16,37H,17-36H2,1-6H3. The van der Waals surface area contributed by atoms with Crippen molar-refractivity contribution in [1.82, 2.24) is 0 Å². The first-order valence-corrected chi connectivity index (χ1v) is 22.1. The molecule has 1 aliphatic heterocycles. The minimum atomic E-state index is -1.14. The zero-order valence-electron chi connectivity index (χ0n) is 39.1. The molecule has 1 atom stereocenters. The number of hydrogen-bond donors (Lipinski definition) is 0. The summed E-state index contributed by atoms with van der Waals surface area (Å²) < 4.78 is 61.2. The average Bonchev–Trinajstić information content (AvgIpc) is 3.59.